The maximum Gasteiger partial charge on any atom is 0.218 e. The van der Waals surface area contributed by atoms with Crippen molar-refractivity contribution >= 4 is 40.9 Å². The number of halogens is 3. The quantitative estimate of drug-likeness (QED) is 0.625. The molecule has 21 heavy (non-hydrogen) atoms. The highest BCUT2D eigenvalue weighted by atomic mass is 35.6. The fraction of sp³-hybridized carbons (Fsp3) is 0.385. The summed E-state index contributed by atoms with van der Waals surface area (Å²) in [6.07, 6.45) is 2.61. The van der Waals surface area contributed by atoms with Crippen molar-refractivity contribution in [3.63, 3.8) is 0 Å². The molecule has 5 nitrogen and oxygen atoms in total. The van der Waals surface area contributed by atoms with Gasteiger partial charge in [-0.3, -0.25) is 16.0 Å². The van der Waals surface area contributed by atoms with Crippen LogP contribution in [-0.2, 0) is 0 Å². The molecule has 0 saturated carbocycles. The second kappa shape index (κ2) is 7.15. The summed E-state index contributed by atoms with van der Waals surface area (Å²) >= 11 is 17.6. The van der Waals surface area contributed by atoms with Gasteiger partial charge < -0.3 is 10.5 Å². The Morgan fingerprint density at radius 3 is 2.38 bits per heavy atom. The minimum atomic E-state index is -1.49. The van der Waals surface area contributed by atoms with E-state index in [9.17, 15) is 0 Å². The molecule has 3 unspecified atom stereocenters. The Bertz CT molecular complexity index is 489. The molecule has 5 N–H and O–H groups in total. The SMILES string of the molecule is COc1ccc(/C=C\C2NC(N)NC(C(Cl)(Cl)Cl)N2)cc1. The Morgan fingerprint density at radius 1 is 1.14 bits per heavy atom. The van der Waals surface area contributed by atoms with Crippen LogP contribution < -0.4 is 26.4 Å². The number of hydrogen-bond donors (Lipinski definition) is 4. The molecule has 1 aliphatic heterocycles. The average Bonchev–Trinajstić information content (AvgIpc) is 2.44. The van der Waals surface area contributed by atoms with Gasteiger partial charge in [-0.25, -0.2) is 0 Å². The van der Waals surface area contributed by atoms with Gasteiger partial charge in [0.1, 0.15) is 18.2 Å². The fourth-order valence-electron chi connectivity index (χ4n) is 1.92. The number of methoxy groups -OCH3 is 1. The predicted octanol–water partition coefficient (Wildman–Crippen LogP) is 1.76. The van der Waals surface area contributed by atoms with Crippen molar-refractivity contribution in [2.75, 3.05) is 7.11 Å². The van der Waals surface area contributed by atoms with Crippen LogP contribution in [0.2, 0.25) is 0 Å². The molecule has 0 spiro atoms. The molecule has 1 aromatic rings. The van der Waals surface area contributed by atoms with E-state index in [1.807, 2.05) is 36.4 Å². The first-order chi connectivity index (χ1) is 9.88. The number of alkyl halides is 3. The monoisotopic (exact) mass is 350 g/mol. The minimum Gasteiger partial charge on any atom is -0.497 e. The first-order valence-electron chi connectivity index (χ1n) is 6.31. The number of rotatable bonds is 3. The summed E-state index contributed by atoms with van der Waals surface area (Å²) < 4.78 is 3.62. The van der Waals surface area contributed by atoms with Gasteiger partial charge >= 0.3 is 0 Å². The molecule has 8 heteroatoms. The van der Waals surface area contributed by atoms with Crippen molar-refractivity contribution < 1.29 is 4.74 Å². The van der Waals surface area contributed by atoms with Crippen LogP contribution in [0, 0.1) is 0 Å². The van der Waals surface area contributed by atoms with Crippen LogP contribution in [0.15, 0.2) is 30.3 Å². The number of nitrogens with two attached hydrogens (primary N) is 1. The molecule has 0 bridgehead atoms. The average molecular weight is 352 g/mol. The van der Waals surface area contributed by atoms with Crippen molar-refractivity contribution in [2.45, 2.75) is 22.4 Å². The number of ether oxygens (including phenoxy) is 1. The van der Waals surface area contributed by atoms with Gasteiger partial charge in [-0.15, -0.1) is 0 Å². The normalized spacial score (nSPS) is 27.0. The second-order valence-electron chi connectivity index (χ2n) is 4.56. The zero-order valence-corrected chi connectivity index (χ0v) is 13.6. The molecule has 3 atom stereocenters. The predicted molar refractivity (Wildman–Crippen MR) is 87.3 cm³/mol. The zero-order chi connectivity index (χ0) is 15.5. The maximum atomic E-state index is 5.88. The van der Waals surface area contributed by atoms with Crippen molar-refractivity contribution in [1.29, 1.82) is 0 Å². The fourth-order valence-corrected chi connectivity index (χ4v) is 2.30. The number of benzene rings is 1. The Kier molecular flexibility index (Phi) is 5.73. The van der Waals surface area contributed by atoms with Crippen LogP contribution in [0.4, 0.5) is 0 Å². The van der Waals surface area contributed by atoms with Gasteiger partial charge in [0.15, 0.2) is 0 Å². The third-order valence-electron chi connectivity index (χ3n) is 2.98. The largest absolute Gasteiger partial charge is 0.497 e. The summed E-state index contributed by atoms with van der Waals surface area (Å²) in [5.74, 6) is 0.809. The molecule has 1 fully saturated rings. The molecule has 0 amide bonds. The van der Waals surface area contributed by atoms with E-state index < -0.39 is 16.2 Å². The lowest BCUT2D eigenvalue weighted by molar-refractivity contribution is 0.231. The minimum absolute atomic E-state index is 0.219. The molecule has 0 radical (unpaired) electrons. The van der Waals surface area contributed by atoms with E-state index in [0.29, 0.717) is 0 Å². The van der Waals surface area contributed by atoms with Crippen LogP contribution >= 0.6 is 34.8 Å². The Balaban J connectivity index is 2.01. The van der Waals surface area contributed by atoms with Gasteiger partial charge in [-0.2, -0.15) is 0 Å². The highest BCUT2D eigenvalue weighted by Gasteiger charge is 2.37. The van der Waals surface area contributed by atoms with Crippen LogP contribution in [0.25, 0.3) is 6.08 Å². The molecule has 1 aliphatic rings. The standard InChI is InChI=1S/C13H17Cl3N4O/c1-21-9-5-2-8(3-6-9)4-7-10-18-11(13(14,15)16)20-12(17)19-10/h2-7,10-12,18-20H,17H2,1H3/b7-4-. The molecular weight excluding hydrogens is 335 g/mol. The molecule has 1 saturated heterocycles. The van der Waals surface area contributed by atoms with E-state index >= 15 is 0 Å². The zero-order valence-electron chi connectivity index (χ0n) is 11.3. The molecular formula is C13H17Cl3N4O. The Labute approximate surface area is 138 Å². The third-order valence-corrected chi connectivity index (χ3v) is 3.63. The lowest BCUT2D eigenvalue weighted by Crippen LogP contribution is -2.72. The summed E-state index contributed by atoms with van der Waals surface area (Å²) in [7, 11) is 1.63. The Hall–Kier alpha value is -0.530. The van der Waals surface area contributed by atoms with Gasteiger partial charge in [0.05, 0.1) is 13.3 Å². The lowest BCUT2D eigenvalue weighted by atomic mass is 10.2. The first-order valence-corrected chi connectivity index (χ1v) is 7.44. The Morgan fingerprint density at radius 2 is 1.81 bits per heavy atom. The highest BCUT2D eigenvalue weighted by Crippen LogP contribution is 2.30. The van der Waals surface area contributed by atoms with Crippen LogP contribution in [-0.4, -0.2) is 29.5 Å². The van der Waals surface area contributed by atoms with E-state index in [0.717, 1.165) is 11.3 Å². The summed E-state index contributed by atoms with van der Waals surface area (Å²) in [5, 5.41) is 9.10. The second-order valence-corrected chi connectivity index (χ2v) is 6.93. The molecule has 0 aliphatic carbocycles. The maximum absolute atomic E-state index is 5.88. The van der Waals surface area contributed by atoms with E-state index in [4.69, 9.17) is 45.3 Å². The van der Waals surface area contributed by atoms with Gasteiger partial charge in [0, 0.05) is 0 Å². The van der Waals surface area contributed by atoms with Gasteiger partial charge in [-0.1, -0.05) is 59.1 Å². The topological polar surface area (TPSA) is 71.3 Å². The van der Waals surface area contributed by atoms with E-state index in [1.165, 1.54) is 0 Å². The van der Waals surface area contributed by atoms with Crippen LogP contribution in [0.5, 0.6) is 5.75 Å². The third kappa shape index (κ3) is 5.00. The first kappa shape index (κ1) is 16.8. The summed E-state index contributed by atoms with van der Waals surface area (Å²) in [6, 6.07) is 7.67. The van der Waals surface area contributed by atoms with E-state index in [2.05, 4.69) is 16.0 Å². The van der Waals surface area contributed by atoms with Crippen molar-refractivity contribution in [3.05, 3.63) is 35.9 Å². The smallest absolute Gasteiger partial charge is 0.218 e. The van der Waals surface area contributed by atoms with Crippen LogP contribution in [0.3, 0.4) is 0 Å². The van der Waals surface area contributed by atoms with Crippen LogP contribution in [0.1, 0.15) is 5.56 Å². The summed E-state index contributed by atoms with van der Waals surface area (Å²) in [6.45, 7) is 0. The molecule has 1 heterocycles. The lowest BCUT2D eigenvalue weighted by Gasteiger charge is -2.38. The number of hydrogen-bond acceptors (Lipinski definition) is 5. The van der Waals surface area contributed by atoms with E-state index in [-0.39, 0.29) is 6.17 Å². The van der Waals surface area contributed by atoms with Crippen molar-refractivity contribution in [2.24, 2.45) is 5.73 Å². The van der Waals surface area contributed by atoms with Crippen molar-refractivity contribution in [1.82, 2.24) is 16.0 Å². The number of nitrogens with one attached hydrogen (secondary N) is 3. The van der Waals surface area contributed by atoms with Gasteiger partial charge in [0.2, 0.25) is 3.79 Å². The van der Waals surface area contributed by atoms with Gasteiger partial charge in [-0.05, 0) is 17.7 Å². The molecule has 0 aromatic heterocycles. The van der Waals surface area contributed by atoms with E-state index in [1.54, 1.807) is 7.11 Å². The molecule has 2 rings (SSSR count). The summed E-state index contributed by atoms with van der Waals surface area (Å²) in [4.78, 5) is 0. The summed E-state index contributed by atoms with van der Waals surface area (Å²) in [5.41, 5.74) is 6.86. The molecule has 1 aromatic carbocycles. The molecule has 116 valence electrons. The van der Waals surface area contributed by atoms with Gasteiger partial charge in [0.25, 0.3) is 0 Å². The highest BCUT2D eigenvalue weighted by molar-refractivity contribution is 6.68. The van der Waals surface area contributed by atoms with Crippen molar-refractivity contribution in [3.8, 4) is 5.75 Å².